The molecule has 0 saturated heterocycles. The Morgan fingerprint density at radius 1 is 1.21 bits per heavy atom. The second-order valence-electron chi connectivity index (χ2n) is 2.91. The Kier molecular flexibility index (Phi) is 3.53. The lowest BCUT2D eigenvalue weighted by Crippen LogP contribution is -2.12. The van der Waals surface area contributed by atoms with Crippen molar-refractivity contribution < 1.29 is 24.2 Å². The molecule has 0 aromatic carbocycles. The van der Waals surface area contributed by atoms with Gasteiger partial charge in [0, 0.05) is 12.8 Å². The third-order valence-electron chi connectivity index (χ3n) is 1.81. The van der Waals surface area contributed by atoms with Crippen molar-refractivity contribution in [2.24, 2.45) is 0 Å². The van der Waals surface area contributed by atoms with Gasteiger partial charge in [0.05, 0.1) is 6.26 Å². The van der Waals surface area contributed by atoms with Crippen LogP contribution in [0.5, 0.6) is 0 Å². The van der Waals surface area contributed by atoms with Crippen LogP contribution in [0.2, 0.25) is 0 Å². The fourth-order valence-electron chi connectivity index (χ4n) is 1.02. The quantitative estimate of drug-likeness (QED) is 0.428. The smallest absolute Gasteiger partial charge is 0.343 e. The number of rotatable bonds is 0. The normalized spacial score (nSPS) is 24.6. The van der Waals surface area contributed by atoms with Gasteiger partial charge in [0.1, 0.15) is 0 Å². The van der Waals surface area contributed by atoms with E-state index in [0.717, 1.165) is 6.42 Å². The summed E-state index contributed by atoms with van der Waals surface area (Å²) in [4.78, 5) is 30.5. The summed E-state index contributed by atoms with van der Waals surface area (Å²) in [5, 5.41) is 8.44. The minimum atomic E-state index is -1.03. The highest BCUT2D eigenvalue weighted by Gasteiger charge is 2.19. The first-order chi connectivity index (χ1) is 6.61. The van der Waals surface area contributed by atoms with Crippen LogP contribution in [0.25, 0.3) is 0 Å². The van der Waals surface area contributed by atoms with E-state index < -0.39 is 12.1 Å². The molecule has 0 bridgehead atoms. The zero-order chi connectivity index (χ0) is 10.6. The van der Waals surface area contributed by atoms with Crippen molar-refractivity contribution in [2.75, 3.05) is 0 Å². The highest BCUT2D eigenvalue weighted by molar-refractivity contribution is 6.38. The van der Waals surface area contributed by atoms with Crippen LogP contribution in [0.3, 0.4) is 0 Å². The lowest BCUT2D eigenvalue weighted by Gasteiger charge is -1.88. The van der Waals surface area contributed by atoms with E-state index in [9.17, 15) is 14.4 Å². The van der Waals surface area contributed by atoms with Gasteiger partial charge in [0.2, 0.25) is 0 Å². The second kappa shape index (κ2) is 4.66. The maximum Gasteiger partial charge on any atom is 0.343 e. The topological polar surface area (TPSA) is 80.7 Å². The average molecular weight is 198 g/mol. The molecule has 1 N–H and O–H groups in total. The van der Waals surface area contributed by atoms with Crippen LogP contribution in [-0.4, -0.2) is 28.7 Å². The number of hydrogen-bond acceptors (Lipinski definition) is 5. The number of Topliss-reactive ketones (excluding diaryl/α,β-unsaturated/α-hetero) is 2. The van der Waals surface area contributed by atoms with Crippen molar-refractivity contribution in [3.8, 4) is 0 Å². The summed E-state index contributed by atoms with van der Waals surface area (Å²) in [5.74, 6) is -0.958. The minimum absolute atomic E-state index is 0.181. The SMILES string of the molecule is O=C1CCCC1=O.O=C1OC=CC1O. The van der Waals surface area contributed by atoms with Crippen LogP contribution in [0.1, 0.15) is 19.3 Å². The third kappa shape index (κ3) is 2.77. The molecular formula is C9H10O5. The van der Waals surface area contributed by atoms with Gasteiger partial charge in [-0.05, 0) is 12.5 Å². The molecule has 1 unspecified atom stereocenters. The Balaban J connectivity index is 0.000000140. The van der Waals surface area contributed by atoms with E-state index in [2.05, 4.69) is 4.74 Å². The lowest BCUT2D eigenvalue weighted by atomic mass is 10.3. The maximum atomic E-state index is 10.2. The number of carbonyl (C=O) groups excluding carboxylic acids is 3. The molecule has 1 aliphatic carbocycles. The summed E-state index contributed by atoms with van der Waals surface area (Å²) in [5.41, 5.74) is 0. The fourth-order valence-corrected chi connectivity index (χ4v) is 1.02. The van der Waals surface area contributed by atoms with Gasteiger partial charge in [-0.25, -0.2) is 4.79 Å². The van der Waals surface area contributed by atoms with Gasteiger partial charge >= 0.3 is 5.97 Å². The molecular weight excluding hydrogens is 188 g/mol. The van der Waals surface area contributed by atoms with Crippen molar-refractivity contribution in [3.05, 3.63) is 12.3 Å². The Hall–Kier alpha value is -1.49. The van der Waals surface area contributed by atoms with Crippen LogP contribution < -0.4 is 0 Å². The zero-order valence-corrected chi connectivity index (χ0v) is 7.43. The van der Waals surface area contributed by atoms with E-state index in [-0.39, 0.29) is 11.6 Å². The molecule has 1 fully saturated rings. The van der Waals surface area contributed by atoms with E-state index in [0.29, 0.717) is 12.8 Å². The van der Waals surface area contributed by atoms with Gasteiger partial charge < -0.3 is 9.84 Å². The first-order valence-corrected chi connectivity index (χ1v) is 4.22. The molecule has 1 heterocycles. The summed E-state index contributed by atoms with van der Waals surface area (Å²) in [6.07, 6.45) is 3.17. The van der Waals surface area contributed by atoms with E-state index >= 15 is 0 Å². The predicted octanol–water partition coefficient (Wildman–Crippen LogP) is -0.274. The average Bonchev–Trinajstić information content (AvgIpc) is 2.67. The first kappa shape index (κ1) is 10.6. The van der Waals surface area contributed by atoms with E-state index in [1.54, 1.807) is 0 Å². The van der Waals surface area contributed by atoms with Crippen molar-refractivity contribution in [1.29, 1.82) is 0 Å². The molecule has 0 aromatic rings. The number of carbonyl (C=O) groups is 3. The van der Waals surface area contributed by atoms with Crippen molar-refractivity contribution in [2.45, 2.75) is 25.4 Å². The van der Waals surface area contributed by atoms with E-state index in [1.807, 2.05) is 0 Å². The number of cyclic esters (lactones) is 1. The summed E-state index contributed by atoms with van der Waals surface area (Å²) in [6.45, 7) is 0. The van der Waals surface area contributed by atoms with E-state index in [1.165, 1.54) is 12.3 Å². The standard InChI is InChI=1S/C5H6O2.C4H4O3/c6-4-2-1-3-5(4)7;5-3-1-2-7-4(3)6/h1-3H2;1-3,5H. The summed E-state index contributed by atoms with van der Waals surface area (Å²) in [7, 11) is 0. The number of hydrogen-bond donors (Lipinski definition) is 1. The van der Waals surface area contributed by atoms with E-state index in [4.69, 9.17) is 5.11 Å². The molecule has 0 amide bonds. The molecule has 5 heteroatoms. The van der Waals surface area contributed by atoms with Crippen molar-refractivity contribution in [3.63, 3.8) is 0 Å². The number of aliphatic hydroxyl groups is 1. The molecule has 2 rings (SSSR count). The summed E-state index contributed by atoms with van der Waals surface area (Å²) in [6, 6.07) is 0. The van der Waals surface area contributed by atoms with Gasteiger partial charge in [0.15, 0.2) is 17.7 Å². The maximum absolute atomic E-state index is 10.2. The largest absolute Gasteiger partial charge is 0.433 e. The van der Waals surface area contributed by atoms with Gasteiger partial charge in [-0.1, -0.05) is 0 Å². The molecule has 0 spiro atoms. The molecule has 1 atom stereocenters. The second-order valence-corrected chi connectivity index (χ2v) is 2.91. The summed E-state index contributed by atoms with van der Waals surface area (Å²) < 4.78 is 4.20. The van der Waals surface area contributed by atoms with Crippen LogP contribution in [-0.2, 0) is 19.1 Å². The highest BCUT2D eigenvalue weighted by atomic mass is 16.5. The van der Waals surface area contributed by atoms with Gasteiger partial charge in [-0.2, -0.15) is 0 Å². The number of ether oxygens (including phenoxy) is 1. The van der Waals surface area contributed by atoms with Crippen LogP contribution in [0.15, 0.2) is 12.3 Å². The third-order valence-corrected chi connectivity index (χ3v) is 1.81. The van der Waals surface area contributed by atoms with Crippen molar-refractivity contribution in [1.82, 2.24) is 0 Å². The van der Waals surface area contributed by atoms with Gasteiger partial charge in [-0.3, -0.25) is 9.59 Å². The zero-order valence-electron chi connectivity index (χ0n) is 7.43. The molecule has 0 aromatic heterocycles. The first-order valence-electron chi connectivity index (χ1n) is 4.22. The molecule has 2 aliphatic rings. The molecule has 1 saturated carbocycles. The van der Waals surface area contributed by atoms with Crippen LogP contribution in [0.4, 0.5) is 0 Å². The van der Waals surface area contributed by atoms with Crippen LogP contribution >= 0.6 is 0 Å². The van der Waals surface area contributed by atoms with Crippen molar-refractivity contribution >= 4 is 17.5 Å². The lowest BCUT2D eigenvalue weighted by molar-refractivity contribution is -0.142. The fraction of sp³-hybridized carbons (Fsp3) is 0.444. The molecule has 0 radical (unpaired) electrons. The Morgan fingerprint density at radius 3 is 1.93 bits per heavy atom. The monoisotopic (exact) mass is 198 g/mol. The van der Waals surface area contributed by atoms with Gasteiger partial charge in [-0.15, -0.1) is 0 Å². The molecule has 1 aliphatic heterocycles. The molecule has 5 nitrogen and oxygen atoms in total. The molecule has 76 valence electrons. The predicted molar refractivity (Wildman–Crippen MR) is 45.1 cm³/mol. The molecule has 14 heavy (non-hydrogen) atoms. The summed E-state index contributed by atoms with van der Waals surface area (Å²) >= 11 is 0. The Labute approximate surface area is 80.4 Å². The van der Waals surface area contributed by atoms with Crippen LogP contribution in [0, 0.1) is 0 Å². The highest BCUT2D eigenvalue weighted by Crippen LogP contribution is 2.07. The minimum Gasteiger partial charge on any atom is -0.433 e. The van der Waals surface area contributed by atoms with Gasteiger partial charge in [0.25, 0.3) is 0 Å². The number of ketones is 2. The Bertz CT molecular complexity index is 278. The number of aliphatic hydroxyl groups excluding tert-OH is 1. The number of esters is 1. The Morgan fingerprint density at radius 2 is 1.79 bits per heavy atom.